The smallest absolute Gasteiger partial charge is 0.279 e. The molecule has 2 aromatic carbocycles. The molecule has 0 aromatic heterocycles. The number of anilines is 2. The summed E-state index contributed by atoms with van der Waals surface area (Å²) in [5.74, 6) is 0.0468. The average Bonchev–Trinajstić information content (AvgIpc) is 2.61. The summed E-state index contributed by atoms with van der Waals surface area (Å²) in [7, 11) is 0. The van der Waals surface area contributed by atoms with Crippen LogP contribution in [0.2, 0.25) is 5.02 Å². The number of carbonyl (C=O) groups is 1. The van der Waals surface area contributed by atoms with Crippen LogP contribution in [-0.2, 0) is 4.79 Å². The van der Waals surface area contributed by atoms with Crippen LogP contribution in [0.1, 0.15) is 16.7 Å². The second kappa shape index (κ2) is 8.11. The number of carbonyl (C=O) groups excluding carboxylic acids is 1. The first kappa shape index (κ1) is 18.7. The zero-order valence-corrected chi connectivity index (χ0v) is 16.5. The van der Waals surface area contributed by atoms with Crippen molar-refractivity contribution in [3.63, 3.8) is 0 Å². The van der Waals surface area contributed by atoms with Gasteiger partial charge >= 0.3 is 0 Å². The fraction of sp³-hybridized carbons (Fsp3) is 0.381. The summed E-state index contributed by atoms with van der Waals surface area (Å²) in [4.78, 5) is 16.2. The predicted octanol–water partition coefficient (Wildman–Crippen LogP) is 2.61. The van der Waals surface area contributed by atoms with Crippen molar-refractivity contribution < 1.29 is 9.69 Å². The van der Waals surface area contributed by atoms with Crippen molar-refractivity contribution in [2.24, 2.45) is 0 Å². The molecule has 138 valence electrons. The highest BCUT2D eigenvalue weighted by atomic mass is 35.5. The second-order valence-electron chi connectivity index (χ2n) is 7.14. The van der Waals surface area contributed by atoms with E-state index in [1.165, 1.54) is 21.7 Å². The number of nitrogens with one attached hydrogen (secondary N) is 2. The summed E-state index contributed by atoms with van der Waals surface area (Å²) in [6, 6.07) is 12.0. The van der Waals surface area contributed by atoms with E-state index < -0.39 is 0 Å². The van der Waals surface area contributed by atoms with Gasteiger partial charge in [0.1, 0.15) is 0 Å². The van der Waals surface area contributed by atoms with Crippen molar-refractivity contribution in [1.29, 1.82) is 0 Å². The summed E-state index contributed by atoms with van der Waals surface area (Å²) < 4.78 is 0. The lowest BCUT2D eigenvalue weighted by atomic mass is 10.1. The molecule has 1 saturated heterocycles. The zero-order valence-electron chi connectivity index (χ0n) is 15.7. The molecule has 0 radical (unpaired) electrons. The van der Waals surface area contributed by atoms with Crippen LogP contribution >= 0.6 is 11.6 Å². The Balaban J connectivity index is 1.54. The van der Waals surface area contributed by atoms with Gasteiger partial charge in [0.15, 0.2) is 6.54 Å². The molecule has 3 rings (SSSR count). The average molecular weight is 373 g/mol. The van der Waals surface area contributed by atoms with Crippen molar-refractivity contribution in [1.82, 2.24) is 0 Å². The fourth-order valence-corrected chi connectivity index (χ4v) is 3.64. The van der Waals surface area contributed by atoms with Crippen molar-refractivity contribution in [3.05, 3.63) is 58.1 Å². The van der Waals surface area contributed by atoms with Gasteiger partial charge in [0, 0.05) is 16.4 Å². The molecule has 5 heteroatoms. The van der Waals surface area contributed by atoms with Crippen LogP contribution in [0.5, 0.6) is 0 Å². The van der Waals surface area contributed by atoms with Gasteiger partial charge in [-0.3, -0.25) is 4.79 Å². The molecule has 0 bridgehead atoms. The maximum absolute atomic E-state index is 12.4. The number of nitrogens with zero attached hydrogens (tertiary/aromatic N) is 1. The monoisotopic (exact) mass is 372 g/mol. The van der Waals surface area contributed by atoms with E-state index in [0.717, 1.165) is 37.4 Å². The van der Waals surface area contributed by atoms with Gasteiger partial charge < -0.3 is 15.1 Å². The molecule has 2 N–H and O–H groups in total. The van der Waals surface area contributed by atoms with Gasteiger partial charge in [0.2, 0.25) is 0 Å². The van der Waals surface area contributed by atoms with E-state index in [1.807, 2.05) is 25.1 Å². The topological polar surface area (TPSA) is 36.8 Å². The first-order valence-electron chi connectivity index (χ1n) is 9.15. The molecular formula is C21H27ClN3O+. The van der Waals surface area contributed by atoms with Gasteiger partial charge in [-0.1, -0.05) is 29.8 Å². The SMILES string of the molecule is Cc1ccc(Cl)cc1NC(=O)C[NH+]1CCN(c2cccc(C)c2C)CC1. The predicted molar refractivity (Wildman–Crippen MR) is 109 cm³/mol. The van der Waals surface area contributed by atoms with Gasteiger partial charge in [0.05, 0.1) is 26.2 Å². The third-order valence-corrected chi connectivity index (χ3v) is 5.51. The highest BCUT2D eigenvalue weighted by molar-refractivity contribution is 6.31. The molecule has 1 aliphatic rings. The number of quaternary nitrogens is 1. The molecule has 2 aromatic rings. The molecule has 0 spiro atoms. The van der Waals surface area contributed by atoms with Crippen LogP contribution in [-0.4, -0.2) is 38.6 Å². The standard InChI is InChI=1S/C21H26ClN3O/c1-15-5-4-6-20(17(15)3)25-11-9-24(10-12-25)14-21(26)23-19-13-18(22)8-7-16(19)2/h4-8,13H,9-12,14H2,1-3H3,(H,23,26)/p+1. The Morgan fingerprint density at radius 1 is 1.12 bits per heavy atom. The van der Waals surface area contributed by atoms with E-state index in [9.17, 15) is 4.79 Å². The Bertz CT molecular complexity index is 798. The molecule has 0 unspecified atom stereocenters. The van der Waals surface area contributed by atoms with Crippen molar-refractivity contribution in [3.8, 4) is 0 Å². The number of hydrogen-bond donors (Lipinski definition) is 2. The molecule has 4 nitrogen and oxygen atoms in total. The zero-order chi connectivity index (χ0) is 18.7. The van der Waals surface area contributed by atoms with E-state index in [0.29, 0.717) is 11.6 Å². The van der Waals surface area contributed by atoms with Crippen molar-refractivity contribution in [2.45, 2.75) is 20.8 Å². The Kier molecular flexibility index (Phi) is 5.84. The fourth-order valence-electron chi connectivity index (χ4n) is 3.47. The molecule has 1 aliphatic heterocycles. The third kappa shape index (κ3) is 4.37. The quantitative estimate of drug-likeness (QED) is 0.865. The number of halogens is 1. The normalized spacial score (nSPS) is 15.2. The van der Waals surface area contributed by atoms with E-state index in [-0.39, 0.29) is 5.91 Å². The van der Waals surface area contributed by atoms with Gasteiger partial charge in [-0.15, -0.1) is 0 Å². The minimum absolute atomic E-state index is 0.0468. The number of aryl methyl sites for hydroxylation is 2. The molecule has 1 amide bonds. The summed E-state index contributed by atoms with van der Waals surface area (Å²) in [6.07, 6.45) is 0. The van der Waals surface area contributed by atoms with Gasteiger partial charge in [-0.25, -0.2) is 0 Å². The molecule has 1 fully saturated rings. The van der Waals surface area contributed by atoms with Crippen LogP contribution < -0.4 is 15.1 Å². The van der Waals surface area contributed by atoms with Crippen LogP contribution in [0.3, 0.4) is 0 Å². The number of amides is 1. The lowest BCUT2D eigenvalue weighted by molar-refractivity contribution is -0.892. The Morgan fingerprint density at radius 3 is 2.58 bits per heavy atom. The van der Waals surface area contributed by atoms with Crippen molar-refractivity contribution >= 4 is 28.9 Å². The van der Waals surface area contributed by atoms with Crippen LogP contribution in [0.25, 0.3) is 0 Å². The summed E-state index contributed by atoms with van der Waals surface area (Å²) in [6.45, 7) is 10.7. The number of benzene rings is 2. The highest BCUT2D eigenvalue weighted by Gasteiger charge is 2.23. The third-order valence-electron chi connectivity index (χ3n) is 5.27. The number of hydrogen-bond acceptors (Lipinski definition) is 2. The maximum Gasteiger partial charge on any atom is 0.279 e. The van der Waals surface area contributed by atoms with Crippen LogP contribution in [0, 0.1) is 20.8 Å². The van der Waals surface area contributed by atoms with Gasteiger partial charge in [-0.2, -0.15) is 0 Å². The van der Waals surface area contributed by atoms with E-state index >= 15 is 0 Å². The Labute approximate surface area is 160 Å². The summed E-state index contributed by atoms with van der Waals surface area (Å²) in [5, 5.41) is 3.64. The van der Waals surface area contributed by atoms with Gasteiger partial charge in [0.25, 0.3) is 5.91 Å². The first-order valence-corrected chi connectivity index (χ1v) is 9.52. The molecule has 0 atom stereocenters. The first-order chi connectivity index (χ1) is 12.4. The number of rotatable bonds is 4. The van der Waals surface area contributed by atoms with Gasteiger partial charge in [-0.05, 0) is 55.7 Å². The highest BCUT2D eigenvalue weighted by Crippen LogP contribution is 2.22. The Hall–Kier alpha value is -2.04. The van der Waals surface area contributed by atoms with Crippen LogP contribution in [0.15, 0.2) is 36.4 Å². The van der Waals surface area contributed by atoms with E-state index in [2.05, 4.69) is 42.3 Å². The lowest BCUT2D eigenvalue weighted by Gasteiger charge is -2.34. The molecular weight excluding hydrogens is 346 g/mol. The summed E-state index contributed by atoms with van der Waals surface area (Å²) in [5.41, 5.74) is 5.83. The van der Waals surface area contributed by atoms with Crippen LogP contribution in [0.4, 0.5) is 11.4 Å². The molecule has 0 aliphatic carbocycles. The van der Waals surface area contributed by atoms with E-state index in [4.69, 9.17) is 11.6 Å². The minimum atomic E-state index is 0.0468. The van der Waals surface area contributed by atoms with E-state index in [1.54, 1.807) is 0 Å². The minimum Gasteiger partial charge on any atom is -0.360 e. The summed E-state index contributed by atoms with van der Waals surface area (Å²) >= 11 is 6.03. The lowest BCUT2D eigenvalue weighted by Crippen LogP contribution is -3.15. The maximum atomic E-state index is 12.4. The number of piperazine rings is 1. The largest absolute Gasteiger partial charge is 0.360 e. The second-order valence-corrected chi connectivity index (χ2v) is 7.58. The molecule has 1 heterocycles. The molecule has 26 heavy (non-hydrogen) atoms. The van der Waals surface area contributed by atoms with Crippen molar-refractivity contribution in [2.75, 3.05) is 42.9 Å². The Morgan fingerprint density at radius 2 is 1.85 bits per heavy atom. The molecule has 0 saturated carbocycles.